The van der Waals surface area contributed by atoms with E-state index in [1.165, 1.54) is 0 Å². The third-order valence-corrected chi connectivity index (χ3v) is 4.49. The SMILES string of the molecule is CC(NCC1(O)CCC1)c1cccc(OCc2ccccn2)c1. The minimum Gasteiger partial charge on any atom is -0.487 e. The molecule has 1 heterocycles. The molecule has 2 aromatic rings. The topological polar surface area (TPSA) is 54.4 Å². The first kappa shape index (κ1) is 16.0. The van der Waals surface area contributed by atoms with E-state index in [1.807, 2.05) is 36.4 Å². The van der Waals surface area contributed by atoms with Gasteiger partial charge in [-0.15, -0.1) is 0 Å². The molecular formula is C19H24N2O2. The molecule has 1 aromatic heterocycles. The van der Waals surface area contributed by atoms with Crippen LogP contribution in [0.25, 0.3) is 0 Å². The highest BCUT2D eigenvalue weighted by Crippen LogP contribution is 2.31. The molecule has 0 aliphatic heterocycles. The Hall–Kier alpha value is -1.91. The summed E-state index contributed by atoms with van der Waals surface area (Å²) in [6.45, 7) is 3.22. The van der Waals surface area contributed by atoms with Crippen molar-refractivity contribution in [1.29, 1.82) is 0 Å². The quantitative estimate of drug-likeness (QED) is 0.824. The molecule has 0 amide bonds. The van der Waals surface area contributed by atoms with Gasteiger partial charge in [-0.05, 0) is 56.0 Å². The Kier molecular flexibility index (Phi) is 4.94. The maximum atomic E-state index is 10.2. The van der Waals surface area contributed by atoms with Gasteiger partial charge in [0.1, 0.15) is 12.4 Å². The molecule has 23 heavy (non-hydrogen) atoms. The lowest BCUT2D eigenvalue weighted by Gasteiger charge is -2.37. The van der Waals surface area contributed by atoms with Gasteiger partial charge < -0.3 is 15.2 Å². The van der Waals surface area contributed by atoms with Gasteiger partial charge in [-0.25, -0.2) is 0 Å². The average Bonchev–Trinajstić information content (AvgIpc) is 2.57. The first-order valence-electron chi connectivity index (χ1n) is 8.23. The van der Waals surface area contributed by atoms with Gasteiger partial charge in [-0.3, -0.25) is 4.98 Å². The van der Waals surface area contributed by atoms with Crippen LogP contribution in [0.5, 0.6) is 5.75 Å². The molecule has 2 N–H and O–H groups in total. The van der Waals surface area contributed by atoms with Gasteiger partial charge in [-0.1, -0.05) is 18.2 Å². The summed E-state index contributed by atoms with van der Waals surface area (Å²) < 4.78 is 5.82. The maximum Gasteiger partial charge on any atom is 0.130 e. The molecule has 1 saturated carbocycles. The van der Waals surface area contributed by atoms with Crippen molar-refractivity contribution < 1.29 is 9.84 Å². The number of rotatable bonds is 7. The number of nitrogens with zero attached hydrogens (tertiary/aromatic N) is 1. The van der Waals surface area contributed by atoms with Crippen LogP contribution in [0.1, 0.15) is 43.5 Å². The average molecular weight is 312 g/mol. The van der Waals surface area contributed by atoms with Gasteiger partial charge in [-0.2, -0.15) is 0 Å². The number of hydrogen-bond donors (Lipinski definition) is 2. The Bertz CT molecular complexity index is 626. The number of ether oxygens (including phenoxy) is 1. The van der Waals surface area contributed by atoms with Crippen LogP contribution in [-0.4, -0.2) is 22.2 Å². The number of nitrogens with one attached hydrogen (secondary N) is 1. The second-order valence-corrected chi connectivity index (χ2v) is 6.36. The third-order valence-electron chi connectivity index (χ3n) is 4.49. The summed E-state index contributed by atoms with van der Waals surface area (Å²) in [5.41, 5.74) is 1.57. The normalized spacial score (nSPS) is 17.3. The van der Waals surface area contributed by atoms with Crippen LogP contribution >= 0.6 is 0 Å². The van der Waals surface area contributed by atoms with E-state index in [2.05, 4.69) is 23.3 Å². The summed E-state index contributed by atoms with van der Waals surface area (Å²) in [6.07, 6.45) is 4.70. The van der Waals surface area contributed by atoms with E-state index in [1.54, 1.807) is 6.20 Å². The lowest BCUT2D eigenvalue weighted by molar-refractivity contribution is -0.0329. The molecule has 1 unspecified atom stereocenters. The Morgan fingerprint density at radius 3 is 2.83 bits per heavy atom. The molecule has 1 aromatic carbocycles. The van der Waals surface area contributed by atoms with E-state index in [0.29, 0.717) is 13.2 Å². The number of hydrogen-bond acceptors (Lipinski definition) is 4. The smallest absolute Gasteiger partial charge is 0.130 e. The lowest BCUT2D eigenvalue weighted by Crippen LogP contribution is -2.46. The Morgan fingerprint density at radius 2 is 2.13 bits per heavy atom. The minimum atomic E-state index is -0.499. The van der Waals surface area contributed by atoms with Crippen molar-refractivity contribution in [3.8, 4) is 5.75 Å². The van der Waals surface area contributed by atoms with E-state index in [0.717, 1.165) is 36.3 Å². The van der Waals surface area contributed by atoms with Gasteiger partial charge in [0.25, 0.3) is 0 Å². The predicted molar refractivity (Wildman–Crippen MR) is 90.2 cm³/mol. The first-order chi connectivity index (χ1) is 11.1. The largest absolute Gasteiger partial charge is 0.487 e. The van der Waals surface area contributed by atoms with Crippen LogP contribution in [0, 0.1) is 0 Å². The van der Waals surface area contributed by atoms with Gasteiger partial charge >= 0.3 is 0 Å². The summed E-state index contributed by atoms with van der Waals surface area (Å²) in [7, 11) is 0. The van der Waals surface area contributed by atoms with E-state index in [9.17, 15) is 5.11 Å². The monoisotopic (exact) mass is 312 g/mol. The van der Waals surface area contributed by atoms with Crippen LogP contribution in [0.15, 0.2) is 48.7 Å². The zero-order chi connectivity index (χ0) is 16.1. The fourth-order valence-corrected chi connectivity index (χ4v) is 2.74. The summed E-state index contributed by atoms with van der Waals surface area (Å²) in [5.74, 6) is 0.837. The fourth-order valence-electron chi connectivity index (χ4n) is 2.74. The van der Waals surface area contributed by atoms with Crippen molar-refractivity contribution in [3.05, 3.63) is 59.9 Å². The van der Waals surface area contributed by atoms with Crippen molar-refractivity contribution in [2.45, 2.75) is 44.4 Å². The second kappa shape index (κ2) is 7.11. The highest BCUT2D eigenvalue weighted by molar-refractivity contribution is 5.30. The van der Waals surface area contributed by atoms with Gasteiger partial charge in [0, 0.05) is 18.8 Å². The molecule has 4 heteroatoms. The summed E-state index contributed by atoms with van der Waals surface area (Å²) >= 11 is 0. The Balaban J connectivity index is 1.55. The van der Waals surface area contributed by atoms with Crippen LogP contribution in [0.2, 0.25) is 0 Å². The molecule has 0 bridgehead atoms. The minimum absolute atomic E-state index is 0.179. The lowest BCUT2D eigenvalue weighted by atomic mass is 9.80. The standard InChI is InChI=1S/C19H24N2O2/c1-15(21-14-19(22)9-5-10-19)16-6-4-8-18(12-16)23-13-17-7-2-3-11-20-17/h2-4,6-8,11-12,15,21-22H,5,9-10,13-14H2,1H3. The van der Waals surface area contributed by atoms with Crippen molar-refractivity contribution in [2.75, 3.05) is 6.54 Å². The molecule has 0 saturated heterocycles. The van der Waals surface area contributed by atoms with Gasteiger partial charge in [0.15, 0.2) is 0 Å². The number of aromatic nitrogens is 1. The van der Waals surface area contributed by atoms with Gasteiger partial charge in [0.2, 0.25) is 0 Å². The highest BCUT2D eigenvalue weighted by atomic mass is 16.5. The van der Waals surface area contributed by atoms with Crippen LogP contribution in [0.4, 0.5) is 0 Å². The number of benzene rings is 1. The van der Waals surface area contributed by atoms with E-state index < -0.39 is 5.60 Å². The zero-order valence-corrected chi connectivity index (χ0v) is 13.5. The molecule has 0 radical (unpaired) electrons. The maximum absolute atomic E-state index is 10.2. The fraction of sp³-hybridized carbons (Fsp3) is 0.421. The first-order valence-corrected chi connectivity index (χ1v) is 8.23. The molecule has 1 atom stereocenters. The van der Waals surface area contributed by atoms with E-state index >= 15 is 0 Å². The Labute approximate surface area is 137 Å². The summed E-state index contributed by atoms with van der Waals surface area (Å²) in [5, 5.41) is 13.6. The molecular weight excluding hydrogens is 288 g/mol. The molecule has 1 fully saturated rings. The zero-order valence-electron chi connectivity index (χ0n) is 13.5. The number of aliphatic hydroxyl groups is 1. The van der Waals surface area contributed by atoms with Crippen molar-refractivity contribution >= 4 is 0 Å². The predicted octanol–water partition coefficient (Wildman–Crippen LogP) is 3.23. The van der Waals surface area contributed by atoms with Crippen LogP contribution in [-0.2, 0) is 6.61 Å². The van der Waals surface area contributed by atoms with Gasteiger partial charge in [0.05, 0.1) is 11.3 Å². The molecule has 122 valence electrons. The highest BCUT2D eigenvalue weighted by Gasteiger charge is 2.34. The van der Waals surface area contributed by atoms with Crippen molar-refractivity contribution in [1.82, 2.24) is 10.3 Å². The molecule has 1 aliphatic rings. The van der Waals surface area contributed by atoms with E-state index in [-0.39, 0.29) is 6.04 Å². The van der Waals surface area contributed by atoms with Crippen LogP contribution < -0.4 is 10.1 Å². The molecule has 3 rings (SSSR count). The second-order valence-electron chi connectivity index (χ2n) is 6.36. The summed E-state index contributed by atoms with van der Waals surface area (Å²) in [4.78, 5) is 4.26. The molecule has 4 nitrogen and oxygen atoms in total. The summed E-state index contributed by atoms with van der Waals surface area (Å²) in [6, 6.07) is 14.1. The molecule has 1 aliphatic carbocycles. The van der Waals surface area contributed by atoms with Crippen molar-refractivity contribution in [2.24, 2.45) is 0 Å². The number of pyridine rings is 1. The van der Waals surface area contributed by atoms with Crippen molar-refractivity contribution in [3.63, 3.8) is 0 Å². The Morgan fingerprint density at radius 1 is 1.26 bits per heavy atom. The molecule has 0 spiro atoms. The van der Waals surface area contributed by atoms with Crippen LogP contribution in [0.3, 0.4) is 0 Å². The van der Waals surface area contributed by atoms with E-state index in [4.69, 9.17) is 4.74 Å². The third kappa shape index (κ3) is 4.30.